The number of carbonyl (C=O) groups excluding carboxylic acids is 2. The van der Waals surface area contributed by atoms with Crippen molar-refractivity contribution in [2.75, 3.05) is 0 Å². The number of aliphatic carboxylic acids is 1. The van der Waals surface area contributed by atoms with Crippen LogP contribution in [-0.4, -0.2) is 83.5 Å². The summed E-state index contributed by atoms with van der Waals surface area (Å²) >= 11 is 0. The first kappa shape index (κ1) is 24.2. The number of aliphatic hydroxyl groups is 3. The van der Waals surface area contributed by atoms with E-state index in [1.165, 1.54) is 12.3 Å². The maximum atomic E-state index is 12.5. The number of hydrogen-bond donors (Lipinski definition) is 7. The van der Waals surface area contributed by atoms with Gasteiger partial charge in [0, 0.05) is 18.8 Å². The number of carbonyl (C=O) groups is 3. The normalized spacial score (nSPS) is 25.2. The van der Waals surface area contributed by atoms with E-state index in [0.29, 0.717) is 6.29 Å². The molecule has 3 rings (SSSR count). The number of aldehydes is 1. The Morgan fingerprint density at radius 3 is 2.64 bits per heavy atom. The molecule has 1 aliphatic heterocycles. The maximum absolute atomic E-state index is 12.5. The molecular formula is C19H23N5O9. The third kappa shape index (κ3) is 5.15. The quantitative estimate of drug-likeness (QED) is 0.185. The summed E-state index contributed by atoms with van der Waals surface area (Å²) in [6.07, 6.45) is -5.41. The first-order chi connectivity index (χ1) is 15.6. The Morgan fingerprint density at radius 2 is 2.06 bits per heavy atom. The van der Waals surface area contributed by atoms with Gasteiger partial charge in [0.05, 0.1) is 23.5 Å². The Hall–Kier alpha value is -3.43. The molecule has 0 radical (unpaired) electrons. The van der Waals surface area contributed by atoms with Crippen LogP contribution in [0.5, 0.6) is 0 Å². The van der Waals surface area contributed by atoms with Crippen LogP contribution in [0.15, 0.2) is 35.4 Å². The van der Waals surface area contributed by atoms with Crippen LogP contribution < -0.4 is 16.7 Å². The molecule has 0 unspecified atom stereocenters. The second kappa shape index (κ2) is 10.0. The first-order valence-corrected chi connectivity index (χ1v) is 9.79. The molecular weight excluding hydrogens is 442 g/mol. The van der Waals surface area contributed by atoms with Gasteiger partial charge in [-0.3, -0.25) is 19.1 Å². The van der Waals surface area contributed by atoms with Gasteiger partial charge in [-0.15, -0.1) is 0 Å². The third-order valence-electron chi connectivity index (χ3n) is 5.18. The highest BCUT2D eigenvalue weighted by Gasteiger charge is 2.50. The number of nitrogens with one attached hydrogen (secondary N) is 2. The largest absolute Gasteiger partial charge is 0.480 e. The van der Waals surface area contributed by atoms with Crippen molar-refractivity contribution in [3.8, 4) is 0 Å². The minimum atomic E-state index is -1.86. The SMILES string of the molecule is N[C@@H](C[C@@H](O)c1ccccn1)C(=O)N[C@@H](C(=O)O)[C@@H]1O[C@@H](n2cc(C=O)[nH]c2=O)[C@@H](O)[C@H]1O. The monoisotopic (exact) mass is 465 g/mol. The number of pyridine rings is 1. The number of H-pyrrole nitrogens is 1. The van der Waals surface area contributed by atoms with E-state index in [1.54, 1.807) is 12.1 Å². The number of hydrogen-bond acceptors (Lipinski definition) is 10. The van der Waals surface area contributed by atoms with E-state index < -0.39 is 60.3 Å². The molecule has 8 N–H and O–H groups in total. The van der Waals surface area contributed by atoms with E-state index in [4.69, 9.17) is 10.5 Å². The molecule has 1 aliphatic rings. The number of amides is 1. The summed E-state index contributed by atoms with van der Waals surface area (Å²) in [6, 6.07) is 1.59. The summed E-state index contributed by atoms with van der Waals surface area (Å²) in [6.45, 7) is 0. The van der Waals surface area contributed by atoms with Gasteiger partial charge in [0.2, 0.25) is 5.91 Å². The summed E-state index contributed by atoms with van der Waals surface area (Å²) < 4.78 is 6.18. The molecule has 2 aromatic heterocycles. The number of imidazole rings is 1. The lowest BCUT2D eigenvalue weighted by Gasteiger charge is -2.25. The van der Waals surface area contributed by atoms with Crippen LogP contribution in [0, 0.1) is 0 Å². The van der Waals surface area contributed by atoms with Crippen molar-refractivity contribution >= 4 is 18.2 Å². The van der Waals surface area contributed by atoms with Gasteiger partial charge in [-0.05, 0) is 12.1 Å². The number of nitrogens with zero attached hydrogens (tertiary/aromatic N) is 2. The highest BCUT2D eigenvalue weighted by molar-refractivity contribution is 5.87. The van der Waals surface area contributed by atoms with Crippen LogP contribution in [0.25, 0.3) is 0 Å². The van der Waals surface area contributed by atoms with Crippen LogP contribution in [-0.2, 0) is 14.3 Å². The Balaban J connectivity index is 1.72. The average molecular weight is 465 g/mol. The van der Waals surface area contributed by atoms with Gasteiger partial charge >= 0.3 is 11.7 Å². The molecule has 0 saturated carbocycles. The predicted molar refractivity (Wildman–Crippen MR) is 108 cm³/mol. The van der Waals surface area contributed by atoms with E-state index in [2.05, 4.69) is 15.3 Å². The molecule has 7 atom stereocenters. The van der Waals surface area contributed by atoms with Crippen molar-refractivity contribution in [3.05, 3.63) is 52.5 Å². The van der Waals surface area contributed by atoms with Crippen LogP contribution in [0.4, 0.5) is 0 Å². The lowest BCUT2D eigenvalue weighted by atomic mass is 10.0. The van der Waals surface area contributed by atoms with Crippen LogP contribution in [0.2, 0.25) is 0 Å². The Bertz CT molecular complexity index is 1060. The number of ether oxygens (including phenoxy) is 1. The minimum Gasteiger partial charge on any atom is -0.480 e. The average Bonchev–Trinajstić information content (AvgIpc) is 3.31. The lowest BCUT2D eigenvalue weighted by molar-refractivity contribution is -0.149. The van der Waals surface area contributed by atoms with Gasteiger partial charge in [-0.2, -0.15) is 0 Å². The molecule has 33 heavy (non-hydrogen) atoms. The van der Waals surface area contributed by atoms with Crippen molar-refractivity contribution < 1.29 is 39.5 Å². The Morgan fingerprint density at radius 1 is 1.33 bits per heavy atom. The van der Waals surface area contributed by atoms with Gasteiger partial charge in [-0.1, -0.05) is 6.07 Å². The lowest BCUT2D eigenvalue weighted by Crippen LogP contribution is -2.56. The summed E-state index contributed by atoms with van der Waals surface area (Å²) in [7, 11) is 0. The minimum absolute atomic E-state index is 0.130. The molecule has 1 saturated heterocycles. The molecule has 178 valence electrons. The molecule has 14 heteroatoms. The fourth-order valence-corrected chi connectivity index (χ4v) is 3.45. The predicted octanol–water partition coefficient (Wildman–Crippen LogP) is -2.98. The number of rotatable bonds is 9. The van der Waals surface area contributed by atoms with E-state index in [9.17, 15) is 39.6 Å². The van der Waals surface area contributed by atoms with Crippen molar-refractivity contribution in [3.63, 3.8) is 0 Å². The molecule has 0 aliphatic carbocycles. The Labute approximate surface area is 185 Å². The number of nitrogens with two attached hydrogens (primary N) is 1. The maximum Gasteiger partial charge on any atom is 0.329 e. The number of carboxylic acids is 1. The van der Waals surface area contributed by atoms with Crippen LogP contribution in [0.3, 0.4) is 0 Å². The van der Waals surface area contributed by atoms with Crippen molar-refractivity contribution in [1.29, 1.82) is 0 Å². The summed E-state index contributed by atoms with van der Waals surface area (Å²) in [4.78, 5) is 53.2. The molecule has 2 aromatic rings. The number of aromatic nitrogens is 3. The zero-order valence-corrected chi connectivity index (χ0v) is 17.0. The second-order valence-corrected chi connectivity index (χ2v) is 7.45. The Kier molecular flexibility index (Phi) is 7.35. The van der Waals surface area contributed by atoms with E-state index in [1.807, 2.05) is 0 Å². The van der Waals surface area contributed by atoms with E-state index >= 15 is 0 Å². The van der Waals surface area contributed by atoms with E-state index in [0.717, 1.165) is 10.8 Å². The number of carboxylic acid groups (broad SMARTS) is 1. The number of aliphatic hydroxyl groups excluding tert-OH is 3. The van der Waals surface area contributed by atoms with Gasteiger partial charge in [0.15, 0.2) is 18.6 Å². The van der Waals surface area contributed by atoms with Crippen molar-refractivity contribution in [2.45, 2.75) is 49.1 Å². The first-order valence-electron chi connectivity index (χ1n) is 9.79. The molecule has 14 nitrogen and oxygen atoms in total. The summed E-state index contributed by atoms with van der Waals surface area (Å²) in [5.41, 5.74) is 5.09. The zero-order valence-electron chi connectivity index (χ0n) is 17.0. The zero-order chi connectivity index (χ0) is 24.3. The summed E-state index contributed by atoms with van der Waals surface area (Å²) in [5.74, 6) is -2.57. The second-order valence-electron chi connectivity index (χ2n) is 7.45. The van der Waals surface area contributed by atoms with Crippen LogP contribution in [0.1, 0.15) is 34.9 Å². The molecule has 0 aromatic carbocycles. The topological polar surface area (TPSA) is 230 Å². The molecule has 1 amide bonds. The van der Waals surface area contributed by atoms with E-state index in [-0.39, 0.29) is 17.8 Å². The van der Waals surface area contributed by atoms with Crippen LogP contribution >= 0.6 is 0 Å². The molecule has 1 fully saturated rings. The fourth-order valence-electron chi connectivity index (χ4n) is 3.45. The highest BCUT2D eigenvalue weighted by Crippen LogP contribution is 2.30. The van der Waals surface area contributed by atoms with Gasteiger partial charge in [0.25, 0.3) is 0 Å². The smallest absolute Gasteiger partial charge is 0.329 e. The van der Waals surface area contributed by atoms with Crippen molar-refractivity contribution in [2.24, 2.45) is 5.73 Å². The van der Waals surface area contributed by atoms with Gasteiger partial charge in [-0.25, -0.2) is 9.59 Å². The molecule has 0 spiro atoms. The fraction of sp³-hybridized carbons (Fsp3) is 0.421. The highest BCUT2D eigenvalue weighted by atomic mass is 16.6. The van der Waals surface area contributed by atoms with Gasteiger partial charge in [0.1, 0.15) is 18.3 Å². The molecule has 3 heterocycles. The van der Waals surface area contributed by atoms with Gasteiger partial charge < -0.3 is 41.2 Å². The van der Waals surface area contributed by atoms with Crippen molar-refractivity contribution in [1.82, 2.24) is 19.9 Å². The molecule has 0 bridgehead atoms. The third-order valence-corrected chi connectivity index (χ3v) is 5.18. The summed E-state index contributed by atoms with van der Waals surface area (Å²) in [5, 5.41) is 42.5. The standard InChI is InChI=1S/C19H23N5O9/c20-9(5-11(26)10-3-1-2-4-21-10)16(29)23-12(18(30)31)15-13(27)14(28)17(33-15)24-6-8(7-25)22-19(24)32/h1-4,6-7,9,11-15,17,26-28H,5,20H2,(H,22,32)(H,23,29)(H,30,31)/t9-,11+,12+,13+,14-,15-,17+/m0/s1. The number of aromatic amines is 1.